The highest BCUT2D eigenvalue weighted by Crippen LogP contribution is 2.40. The number of carbonyl (C=O) groups excluding carboxylic acids is 2. The Balaban J connectivity index is 2.95. The van der Waals surface area contributed by atoms with Gasteiger partial charge in [-0.25, -0.2) is 0 Å². The highest BCUT2D eigenvalue weighted by atomic mass is 16.7. The molecule has 80 valence electrons. The average molecular weight is 202 g/mol. The Morgan fingerprint density at radius 3 is 2.36 bits per heavy atom. The highest BCUT2D eigenvalue weighted by Gasteiger charge is 2.56. The Morgan fingerprint density at radius 1 is 1.43 bits per heavy atom. The van der Waals surface area contributed by atoms with Crippen molar-refractivity contribution in [1.82, 2.24) is 0 Å². The molecular formula is C9H14O5. The molecule has 0 aromatic heterocycles. The van der Waals surface area contributed by atoms with Crippen molar-refractivity contribution >= 4 is 11.9 Å². The molecule has 0 spiro atoms. The van der Waals surface area contributed by atoms with Crippen molar-refractivity contribution in [2.75, 3.05) is 14.2 Å². The Kier molecular flexibility index (Phi) is 2.80. The molecule has 2 atom stereocenters. The van der Waals surface area contributed by atoms with E-state index in [1.807, 2.05) is 0 Å². The van der Waals surface area contributed by atoms with Gasteiger partial charge in [0.2, 0.25) is 6.29 Å². The molecule has 1 saturated heterocycles. The molecule has 14 heavy (non-hydrogen) atoms. The lowest BCUT2D eigenvalue weighted by Crippen LogP contribution is -2.36. The van der Waals surface area contributed by atoms with Crippen molar-refractivity contribution in [3.8, 4) is 0 Å². The lowest BCUT2D eigenvalue weighted by Gasteiger charge is -2.25. The van der Waals surface area contributed by atoms with Crippen LogP contribution in [0.2, 0.25) is 0 Å². The smallest absolute Gasteiger partial charge is 0.323 e. The van der Waals surface area contributed by atoms with Crippen molar-refractivity contribution in [2.45, 2.75) is 20.1 Å². The van der Waals surface area contributed by atoms with Gasteiger partial charge in [0, 0.05) is 7.11 Å². The van der Waals surface area contributed by atoms with Crippen LogP contribution in [0.25, 0.3) is 0 Å². The molecule has 1 aliphatic heterocycles. The Bertz CT molecular complexity index is 258. The number of hydrogen-bond donors (Lipinski definition) is 0. The SMILES string of the molecule is COC(=O)[C@@H]1C(=O)O[C@@H](OC)C1(C)C. The van der Waals surface area contributed by atoms with E-state index in [1.54, 1.807) is 13.8 Å². The Morgan fingerprint density at radius 2 is 2.00 bits per heavy atom. The van der Waals surface area contributed by atoms with Crippen LogP contribution in [0.4, 0.5) is 0 Å². The van der Waals surface area contributed by atoms with Gasteiger partial charge in [0.05, 0.1) is 12.5 Å². The summed E-state index contributed by atoms with van der Waals surface area (Å²) in [5.74, 6) is -2.08. The second-order valence-electron chi connectivity index (χ2n) is 3.78. The van der Waals surface area contributed by atoms with E-state index in [4.69, 9.17) is 9.47 Å². The minimum absolute atomic E-state index is 0.584. The van der Waals surface area contributed by atoms with Crippen molar-refractivity contribution in [3.05, 3.63) is 0 Å². The van der Waals surface area contributed by atoms with E-state index >= 15 is 0 Å². The van der Waals surface area contributed by atoms with Crippen molar-refractivity contribution in [2.24, 2.45) is 11.3 Å². The zero-order chi connectivity index (χ0) is 10.9. The number of rotatable bonds is 2. The summed E-state index contributed by atoms with van der Waals surface area (Å²) >= 11 is 0. The summed E-state index contributed by atoms with van der Waals surface area (Å²) in [5.41, 5.74) is -0.696. The predicted molar refractivity (Wildman–Crippen MR) is 46.2 cm³/mol. The number of carbonyl (C=O) groups is 2. The third kappa shape index (κ3) is 1.48. The molecule has 1 heterocycles. The third-order valence-corrected chi connectivity index (χ3v) is 2.46. The Labute approximate surface area is 82.3 Å². The van der Waals surface area contributed by atoms with E-state index in [0.717, 1.165) is 0 Å². The predicted octanol–water partition coefficient (Wildman–Crippen LogP) is 0.331. The highest BCUT2D eigenvalue weighted by molar-refractivity contribution is 5.97. The van der Waals surface area contributed by atoms with E-state index in [-0.39, 0.29) is 0 Å². The summed E-state index contributed by atoms with van der Waals surface area (Å²) in [6.07, 6.45) is -0.695. The van der Waals surface area contributed by atoms with Crippen molar-refractivity contribution in [3.63, 3.8) is 0 Å². The number of hydrogen-bond acceptors (Lipinski definition) is 5. The number of cyclic esters (lactones) is 1. The number of methoxy groups -OCH3 is 2. The van der Waals surface area contributed by atoms with Gasteiger partial charge in [0.1, 0.15) is 0 Å². The minimum Gasteiger partial charge on any atom is -0.468 e. The van der Waals surface area contributed by atoms with Gasteiger partial charge in [-0.05, 0) is 0 Å². The number of esters is 2. The summed E-state index contributed by atoms with van der Waals surface area (Å²) in [7, 11) is 2.67. The third-order valence-electron chi connectivity index (χ3n) is 2.46. The van der Waals surface area contributed by atoms with Crippen molar-refractivity contribution in [1.29, 1.82) is 0 Å². The van der Waals surface area contributed by atoms with Crippen LogP contribution in [0.15, 0.2) is 0 Å². The first-order valence-electron chi connectivity index (χ1n) is 4.26. The zero-order valence-corrected chi connectivity index (χ0v) is 8.70. The fraction of sp³-hybridized carbons (Fsp3) is 0.778. The van der Waals surface area contributed by atoms with Gasteiger partial charge in [-0.2, -0.15) is 0 Å². The first-order valence-corrected chi connectivity index (χ1v) is 4.26. The van der Waals surface area contributed by atoms with Gasteiger partial charge >= 0.3 is 11.9 Å². The van der Waals surface area contributed by atoms with Gasteiger partial charge in [-0.1, -0.05) is 13.8 Å². The molecule has 0 saturated carbocycles. The van der Waals surface area contributed by atoms with Crippen LogP contribution in [0.1, 0.15) is 13.8 Å². The van der Waals surface area contributed by atoms with Crippen LogP contribution in [0.3, 0.4) is 0 Å². The van der Waals surface area contributed by atoms with Gasteiger partial charge < -0.3 is 14.2 Å². The lowest BCUT2D eigenvalue weighted by molar-refractivity contribution is -0.166. The van der Waals surface area contributed by atoms with E-state index < -0.39 is 29.6 Å². The summed E-state index contributed by atoms with van der Waals surface area (Å²) in [4.78, 5) is 22.7. The zero-order valence-electron chi connectivity index (χ0n) is 8.70. The van der Waals surface area contributed by atoms with Gasteiger partial charge in [-0.3, -0.25) is 9.59 Å². The topological polar surface area (TPSA) is 61.8 Å². The molecule has 0 radical (unpaired) electrons. The van der Waals surface area contributed by atoms with Gasteiger partial charge in [-0.15, -0.1) is 0 Å². The molecule has 1 aliphatic rings. The molecule has 5 heteroatoms. The first kappa shape index (κ1) is 11.0. The van der Waals surface area contributed by atoms with Gasteiger partial charge in [0.15, 0.2) is 5.92 Å². The van der Waals surface area contributed by atoms with Crippen LogP contribution in [-0.2, 0) is 23.8 Å². The van der Waals surface area contributed by atoms with Crippen molar-refractivity contribution < 1.29 is 23.8 Å². The second-order valence-corrected chi connectivity index (χ2v) is 3.78. The van der Waals surface area contributed by atoms with Crippen LogP contribution in [0.5, 0.6) is 0 Å². The molecule has 1 rings (SSSR count). The monoisotopic (exact) mass is 202 g/mol. The van der Waals surface area contributed by atoms with E-state index in [2.05, 4.69) is 4.74 Å². The summed E-state index contributed by atoms with van der Waals surface area (Å²) in [5, 5.41) is 0. The van der Waals surface area contributed by atoms with Crippen LogP contribution >= 0.6 is 0 Å². The fourth-order valence-corrected chi connectivity index (χ4v) is 1.63. The molecule has 5 nitrogen and oxygen atoms in total. The minimum atomic E-state index is -0.905. The Hall–Kier alpha value is -1.10. The molecule has 0 bridgehead atoms. The molecule has 0 unspecified atom stereocenters. The molecule has 0 aromatic carbocycles. The summed E-state index contributed by atoms with van der Waals surface area (Å²) < 4.78 is 14.4. The quantitative estimate of drug-likeness (QED) is 0.477. The molecule has 0 amide bonds. The van der Waals surface area contributed by atoms with E-state index in [9.17, 15) is 9.59 Å². The molecular weight excluding hydrogens is 188 g/mol. The standard InChI is InChI=1S/C9H14O5/c1-9(2)5(6(10)12-3)7(11)14-8(9)13-4/h5,8H,1-4H3/t5-,8-/m1/s1. The second kappa shape index (κ2) is 3.57. The maximum Gasteiger partial charge on any atom is 0.323 e. The van der Waals surface area contributed by atoms with Crippen LogP contribution in [-0.4, -0.2) is 32.4 Å². The molecule has 0 aliphatic carbocycles. The largest absolute Gasteiger partial charge is 0.468 e. The average Bonchev–Trinajstić information content (AvgIpc) is 2.35. The first-order chi connectivity index (χ1) is 6.45. The fourth-order valence-electron chi connectivity index (χ4n) is 1.63. The molecule has 0 aromatic rings. The maximum atomic E-state index is 11.4. The van der Waals surface area contributed by atoms with Crippen LogP contribution < -0.4 is 0 Å². The van der Waals surface area contributed by atoms with Crippen LogP contribution in [0, 0.1) is 11.3 Å². The summed E-state index contributed by atoms with van der Waals surface area (Å²) in [6, 6.07) is 0. The van der Waals surface area contributed by atoms with Gasteiger partial charge in [0.25, 0.3) is 0 Å². The molecule has 0 N–H and O–H groups in total. The number of ether oxygens (including phenoxy) is 3. The molecule has 1 fully saturated rings. The maximum absolute atomic E-state index is 11.4. The van der Waals surface area contributed by atoms with E-state index in [0.29, 0.717) is 0 Å². The lowest BCUT2D eigenvalue weighted by atomic mass is 9.80. The normalized spacial score (nSPS) is 29.9. The summed E-state index contributed by atoms with van der Waals surface area (Å²) in [6.45, 7) is 3.46. The van der Waals surface area contributed by atoms with E-state index in [1.165, 1.54) is 14.2 Å².